The smallest absolute Gasteiger partial charge is 0.456 e. The van der Waals surface area contributed by atoms with Gasteiger partial charge in [0.2, 0.25) is 5.36 Å². The molecule has 1 N–H and O–H groups in total. The van der Waals surface area contributed by atoms with Gasteiger partial charge < -0.3 is 26.6 Å². The van der Waals surface area contributed by atoms with Crippen LogP contribution in [0, 0.1) is 0 Å². The van der Waals surface area contributed by atoms with Gasteiger partial charge in [-0.2, -0.15) is 0 Å². The molecular weight excluding hydrogens is 394 g/mol. The fraction of sp³-hybridized carbons (Fsp3) is 0.211. The molecule has 0 aliphatic rings. The van der Waals surface area contributed by atoms with Gasteiger partial charge in [-0.05, 0) is 32.3 Å². The van der Waals surface area contributed by atoms with Gasteiger partial charge >= 0.3 is 7.25 Å². The summed E-state index contributed by atoms with van der Waals surface area (Å²) in [4.78, 5) is 5.64. The number of nitrogens with zero attached hydrogens (tertiary/aromatic N) is 1. The summed E-state index contributed by atoms with van der Waals surface area (Å²) in [5.74, 6) is 0.841. The summed E-state index contributed by atoms with van der Waals surface area (Å²) in [5.41, 5.74) is 1.88. The lowest BCUT2D eigenvalue weighted by Gasteiger charge is -2.05. The quantitative estimate of drug-likeness (QED) is 0.522. The molecule has 0 amide bonds. The first-order valence-corrected chi connectivity index (χ1v) is 8.89. The molecule has 2 aromatic carbocycles. The maximum Gasteiger partial charge on any atom is 0.673 e. The van der Waals surface area contributed by atoms with Crippen molar-refractivity contribution in [3.05, 3.63) is 65.0 Å². The van der Waals surface area contributed by atoms with Crippen LogP contribution in [0.4, 0.5) is 17.3 Å². The fourth-order valence-electron chi connectivity index (χ4n) is 2.46. The first kappa shape index (κ1) is 22.0. The number of nitrogens with one attached hydrogen (secondary N) is 1. The molecule has 28 heavy (non-hydrogen) atoms. The van der Waals surface area contributed by atoms with Crippen LogP contribution in [-0.2, 0) is 0 Å². The molecule has 3 rings (SSSR count). The van der Waals surface area contributed by atoms with Crippen molar-refractivity contribution in [2.45, 2.75) is 0 Å². The van der Waals surface area contributed by atoms with Gasteiger partial charge in [0.15, 0.2) is 6.54 Å². The summed E-state index contributed by atoms with van der Waals surface area (Å²) in [6.07, 6.45) is 0. The minimum absolute atomic E-state index is 0.704. The van der Waals surface area contributed by atoms with Crippen molar-refractivity contribution >= 4 is 29.8 Å². The Kier molecular flexibility index (Phi) is 7.65. The van der Waals surface area contributed by atoms with Gasteiger partial charge in [-0.15, -0.1) is 0 Å². The summed E-state index contributed by atoms with van der Waals surface area (Å²) < 4.78 is 45.1. The van der Waals surface area contributed by atoms with E-state index in [0.29, 0.717) is 5.02 Å². The van der Waals surface area contributed by atoms with Gasteiger partial charge in [-0.25, -0.2) is 4.99 Å². The largest absolute Gasteiger partial charge is 0.673 e. The third-order valence-electron chi connectivity index (χ3n) is 3.66. The summed E-state index contributed by atoms with van der Waals surface area (Å²) in [7, 11) is -1.88. The van der Waals surface area contributed by atoms with E-state index in [2.05, 4.69) is 24.0 Å². The normalized spacial score (nSPS) is 12.2. The predicted octanol–water partition coefficient (Wildman–Crippen LogP) is 3.60. The average Bonchev–Trinajstić information content (AvgIpc) is 2.61. The fourth-order valence-corrected chi connectivity index (χ4v) is 2.64. The number of halogens is 5. The van der Waals surface area contributed by atoms with Crippen molar-refractivity contribution in [1.82, 2.24) is 4.90 Å². The Labute approximate surface area is 165 Å². The molecule has 0 aliphatic carbocycles. The van der Waals surface area contributed by atoms with E-state index < -0.39 is 7.25 Å². The Hall–Kier alpha value is -2.32. The van der Waals surface area contributed by atoms with Crippen molar-refractivity contribution in [1.29, 1.82) is 0 Å². The molecule has 0 saturated carbocycles. The van der Waals surface area contributed by atoms with Gasteiger partial charge in [0.25, 0.3) is 0 Å². The van der Waals surface area contributed by atoms with Crippen LogP contribution < -0.4 is 10.3 Å². The van der Waals surface area contributed by atoms with Crippen LogP contribution in [-0.4, -0.2) is 39.3 Å². The number of hydrogen-bond donors (Lipinski definition) is 1. The minimum atomic E-state index is -6.00. The molecule has 0 saturated heterocycles. The maximum atomic E-state index is 9.75. The molecule has 0 bridgehead atoms. The van der Waals surface area contributed by atoms with Crippen LogP contribution in [0.1, 0.15) is 0 Å². The number of rotatable bonds is 4. The second kappa shape index (κ2) is 9.75. The number of hydrogen-bond acceptors (Lipinski definition) is 2. The van der Waals surface area contributed by atoms with Crippen LogP contribution >= 0.6 is 11.6 Å². The standard InChI is InChI=1S/C19H19ClN2O.BF4/c1-22(2)11-10-21-17-13-19(14-6-4-3-5-7-14)23-18-9-8-15(20)12-16(17)18;2-1(3,4)5/h3-9,12-13H,10-11H2,1-2H3;/q;-1/p+1. The average molecular weight is 415 g/mol. The van der Waals surface area contributed by atoms with Gasteiger partial charge in [0.1, 0.15) is 11.3 Å². The summed E-state index contributed by atoms with van der Waals surface area (Å²) >= 11 is 6.15. The Morgan fingerprint density at radius 3 is 2.25 bits per heavy atom. The van der Waals surface area contributed by atoms with Crippen molar-refractivity contribution in [2.24, 2.45) is 0 Å². The van der Waals surface area contributed by atoms with Crippen LogP contribution in [0.2, 0.25) is 5.02 Å². The molecule has 0 fully saturated rings. The van der Waals surface area contributed by atoms with E-state index in [1.807, 2.05) is 54.6 Å². The molecule has 3 aromatic rings. The Morgan fingerprint density at radius 1 is 1.00 bits per heavy atom. The second-order valence-electron chi connectivity index (χ2n) is 6.26. The highest BCUT2D eigenvalue weighted by atomic mass is 35.5. The lowest BCUT2D eigenvalue weighted by atomic mass is 10.1. The van der Waals surface area contributed by atoms with E-state index in [1.165, 1.54) is 0 Å². The van der Waals surface area contributed by atoms with Gasteiger partial charge in [-0.3, -0.25) is 0 Å². The summed E-state index contributed by atoms with van der Waals surface area (Å²) in [6.45, 7) is 1.81. The molecule has 0 atom stereocenters. The predicted molar refractivity (Wildman–Crippen MR) is 104 cm³/mol. The topological polar surface area (TPSA) is 30.4 Å². The van der Waals surface area contributed by atoms with Crippen molar-refractivity contribution < 1.29 is 26.7 Å². The van der Waals surface area contributed by atoms with Crippen molar-refractivity contribution in [2.75, 3.05) is 27.2 Å². The third kappa shape index (κ3) is 7.36. The zero-order valence-electron chi connectivity index (χ0n) is 15.4. The summed E-state index contributed by atoms with van der Waals surface area (Å²) in [5, 5.41) is 2.74. The summed E-state index contributed by atoms with van der Waals surface area (Å²) in [6, 6.07) is 17.9. The molecule has 0 radical (unpaired) electrons. The zero-order chi connectivity index (χ0) is 20.7. The van der Waals surface area contributed by atoms with Gasteiger partial charge in [-0.1, -0.05) is 41.9 Å². The molecule has 0 aliphatic heterocycles. The molecular formula is C19H20BClF4N2O. The molecule has 3 nitrogen and oxygen atoms in total. The zero-order valence-corrected chi connectivity index (χ0v) is 16.2. The van der Waals surface area contributed by atoms with Crippen LogP contribution in [0.15, 0.2) is 59.0 Å². The van der Waals surface area contributed by atoms with Crippen LogP contribution in [0.25, 0.3) is 22.3 Å². The van der Waals surface area contributed by atoms with Crippen molar-refractivity contribution in [3.63, 3.8) is 0 Å². The third-order valence-corrected chi connectivity index (χ3v) is 3.89. The van der Waals surface area contributed by atoms with E-state index in [4.69, 9.17) is 16.0 Å². The Bertz CT molecular complexity index is 969. The van der Waals surface area contributed by atoms with Gasteiger partial charge in [0.05, 0.1) is 18.0 Å². The molecule has 150 valence electrons. The Morgan fingerprint density at radius 2 is 1.64 bits per heavy atom. The monoisotopic (exact) mass is 414 g/mol. The minimum Gasteiger partial charge on any atom is -0.456 e. The van der Waals surface area contributed by atoms with Crippen LogP contribution in [0.5, 0.6) is 0 Å². The lowest BCUT2D eigenvalue weighted by Crippen LogP contribution is -2.78. The molecule has 9 heteroatoms. The highest BCUT2D eigenvalue weighted by molar-refractivity contribution is 6.50. The molecule has 1 heterocycles. The molecule has 1 aromatic heterocycles. The van der Waals surface area contributed by atoms with E-state index in [-0.39, 0.29) is 0 Å². The molecule has 0 spiro atoms. The van der Waals surface area contributed by atoms with E-state index >= 15 is 0 Å². The first-order valence-electron chi connectivity index (χ1n) is 8.51. The lowest BCUT2D eigenvalue weighted by molar-refractivity contribution is -0.499. The number of benzene rings is 2. The van der Waals surface area contributed by atoms with Gasteiger partial charge in [0, 0.05) is 10.6 Å². The SMILES string of the molecule is CN(C)CC[NH+]=c1cc(-c2ccccc2)oc2ccc(Cl)cc12.F[B-](F)(F)F. The number of fused-ring (bicyclic) bond motifs is 1. The Balaban J connectivity index is 0.000000500. The second-order valence-corrected chi connectivity index (χ2v) is 6.69. The van der Waals surface area contributed by atoms with Crippen molar-refractivity contribution in [3.8, 4) is 11.3 Å². The van der Waals surface area contributed by atoms with E-state index in [9.17, 15) is 17.3 Å². The number of likely N-dealkylation sites (N-methyl/N-ethyl adjacent to an activating group) is 1. The van der Waals surface area contributed by atoms with E-state index in [1.54, 1.807) is 0 Å². The van der Waals surface area contributed by atoms with Crippen LogP contribution in [0.3, 0.4) is 0 Å². The first-order chi connectivity index (χ1) is 13.1. The maximum absolute atomic E-state index is 9.75. The van der Waals surface area contributed by atoms with E-state index in [0.717, 1.165) is 40.7 Å². The highest BCUT2D eigenvalue weighted by Gasteiger charge is 2.20. The molecule has 0 unspecified atom stereocenters. The highest BCUT2D eigenvalue weighted by Crippen LogP contribution is 2.23.